The molecule has 1 aliphatic rings. The number of hydrogen-bond acceptors (Lipinski definition) is 7. The number of carbonyl (C=O) groups excluding carboxylic acids is 1. The summed E-state index contributed by atoms with van der Waals surface area (Å²) in [4.78, 5) is 19.5. The van der Waals surface area contributed by atoms with Gasteiger partial charge in [0.05, 0.1) is 6.54 Å². The van der Waals surface area contributed by atoms with E-state index in [-0.39, 0.29) is 12.0 Å². The van der Waals surface area contributed by atoms with E-state index in [4.69, 9.17) is 13.9 Å². The molecule has 1 atom stereocenters. The van der Waals surface area contributed by atoms with Crippen molar-refractivity contribution in [2.75, 3.05) is 20.2 Å². The first-order valence-corrected chi connectivity index (χ1v) is 12.1. The smallest absolute Gasteiger partial charge is 0.289 e. The van der Waals surface area contributed by atoms with Gasteiger partial charge in [-0.05, 0) is 25.1 Å². The zero-order valence-corrected chi connectivity index (χ0v) is 19.4. The Labute approximate surface area is 194 Å². The van der Waals surface area contributed by atoms with Crippen molar-refractivity contribution in [2.24, 2.45) is 0 Å². The van der Waals surface area contributed by atoms with Gasteiger partial charge in [0.1, 0.15) is 16.5 Å². The number of fused-ring (bicyclic) bond motifs is 2. The van der Waals surface area contributed by atoms with Crippen molar-refractivity contribution in [3.05, 3.63) is 70.9 Å². The summed E-state index contributed by atoms with van der Waals surface area (Å²) in [5.41, 5.74) is 2.60. The predicted molar refractivity (Wildman–Crippen MR) is 126 cm³/mol. The molecule has 164 valence electrons. The van der Waals surface area contributed by atoms with Crippen LogP contribution >= 0.6 is 23.1 Å². The number of carbonyl (C=O) groups is 1. The molecule has 6 nitrogen and oxygen atoms in total. The van der Waals surface area contributed by atoms with Crippen molar-refractivity contribution < 1.29 is 18.7 Å². The molecule has 1 unspecified atom stereocenters. The Morgan fingerprint density at radius 2 is 1.97 bits per heavy atom. The highest BCUT2D eigenvalue weighted by molar-refractivity contribution is 8.00. The van der Waals surface area contributed by atoms with Crippen molar-refractivity contribution in [1.29, 1.82) is 0 Å². The molecule has 8 heteroatoms. The number of likely N-dealkylation sites (N-methyl/N-ethyl adjacent to an activating group) is 1. The van der Waals surface area contributed by atoms with Crippen LogP contribution in [0.2, 0.25) is 0 Å². The minimum absolute atomic E-state index is 0.172. The van der Waals surface area contributed by atoms with E-state index in [0.29, 0.717) is 36.0 Å². The summed E-state index contributed by atoms with van der Waals surface area (Å²) < 4.78 is 18.8. The van der Waals surface area contributed by atoms with Crippen LogP contribution in [-0.2, 0) is 5.75 Å². The minimum Gasteiger partial charge on any atom is -0.486 e. The molecule has 0 fully saturated rings. The van der Waals surface area contributed by atoms with Crippen molar-refractivity contribution in [3.63, 3.8) is 0 Å². The monoisotopic (exact) mass is 466 g/mol. The van der Waals surface area contributed by atoms with E-state index < -0.39 is 0 Å². The Kier molecular flexibility index (Phi) is 5.80. The van der Waals surface area contributed by atoms with Gasteiger partial charge in [-0.2, -0.15) is 0 Å². The lowest BCUT2D eigenvalue weighted by Crippen LogP contribution is -2.41. The van der Waals surface area contributed by atoms with E-state index >= 15 is 0 Å². The first-order valence-electron chi connectivity index (χ1n) is 10.3. The summed E-state index contributed by atoms with van der Waals surface area (Å²) in [6.45, 7) is 2.76. The van der Waals surface area contributed by atoms with Gasteiger partial charge in [-0.25, -0.2) is 4.98 Å². The Morgan fingerprint density at radius 3 is 2.78 bits per heavy atom. The van der Waals surface area contributed by atoms with Crippen molar-refractivity contribution in [3.8, 4) is 11.5 Å². The molecule has 3 heterocycles. The Morgan fingerprint density at radius 1 is 1.19 bits per heavy atom. The Bertz CT molecular complexity index is 1270. The molecule has 1 amide bonds. The van der Waals surface area contributed by atoms with Gasteiger partial charge in [0.25, 0.3) is 5.91 Å². The highest BCUT2D eigenvalue weighted by atomic mass is 32.2. The Hall–Kier alpha value is -2.97. The number of furan rings is 1. The number of benzene rings is 2. The fourth-order valence-electron chi connectivity index (χ4n) is 3.66. The minimum atomic E-state index is -0.251. The van der Waals surface area contributed by atoms with Gasteiger partial charge in [0, 0.05) is 34.8 Å². The van der Waals surface area contributed by atoms with Gasteiger partial charge >= 0.3 is 0 Å². The first-order chi connectivity index (χ1) is 15.6. The molecule has 2 aromatic carbocycles. The number of thiazole rings is 1. The van der Waals surface area contributed by atoms with Gasteiger partial charge in [-0.3, -0.25) is 4.79 Å². The van der Waals surface area contributed by atoms with Crippen LogP contribution in [0.3, 0.4) is 0 Å². The maximum absolute atomic E-state index is 13.4. The third-order valence-electron chi connectivity index (χ3n) is 5.22. The summed E-state index contributed by atoms with van der Waals surface area (Å²) in [7, 11) is 1.76. The quantitative estimate of drug-likeness (QED) is 0.355. The predicted octanol–water partition coefficient (Wildman–Crippen LogP) is 5.40. The molecule has 4 aromatic rings. The van der Waals surface area contributed by atoms with E-state index in [0.717, 1.165) is 26.7 Å². The molecule has 0 bridgehead atoms. The lowest BCUT2D eigenvalue weighted by Gasteiger charge is -2.29. The fourth-order valence-corrected chi connectivity index (χ4v) is 5.54. The second-order valence-corrected chi connectivity index (χ2v) is 9.71. The molecular formula is C24H22N2O4S2. The van der Waals surface area contributed by atoms with Crippen molar-refractivity contribution >= 4 is 40.0 Å². The highest BCUT2D eigenvalue weighted by Gasteiger charge is 2.28. The zero-order valence-electron chi connectivity index (χ0n) is 17.7. The summed E-state index contributed by atoms with van der Waals surface area (Å²) in [5, 5.41) is 2.98. The Balaban J connectivity index is 1.35. The number of amides is 1. The number of aryl methyl sites for hydroxylation is 1. The van der Waals surface area contributed by atoms with Crippen LogP contribution in [-0.4, -0.2) is 42.1 Å². The van der Waals surface area contributed by atoms with Crippen LogP contribution in [0.5, 0.6) is 11.5 Å². The molecule has 1 aliphatic heterocycles. The number of ether oxygens (including phenoxy) is 2. The summed E-state index contributed by atoms with van der Waals surface area (Å²) in [6, 6.07) is 15.3. The largest absolute Gasteiger partial charge is 0.486 e. The second-order valence-electron chi connectivity index (χ2n) is 7.63. The van der Waals surface area contributed by atoms with Crippen molar-refractivity contribution in [2.45, 2.75) is 23.1 Å². The molecule has 0 N–H and O–H groups in total. The maximum Gasteiger partial charge on any atom is 0.289 e. The average molecular weight is 467 g/mol. The highest BCUT2D eigenvalue weighted by Crippen LogP contribution is 2.34. The van der Waals surface area contributed by atoms with Crippen LogP contribution < -0.4 is 9.47 Å². The molecule has 0 saturated heterocycles. The number of rotatable bonds is 6. The normalized spacial score (nSPS) is 15.1. The van der Waals surface area contributed by atoms with E-state index in [2.05, 4.69) is 4.98 Å². The molecule has 32 heavy (non-hydrogen) atoms. The van der Waals surface area contributed by atoms with E-state index in [1.807, 2.05) is 60.8 Å². The third-order valence-corrected chi connectivity index (χ3v) is 7.39. The van der Waals surface area contributed by atoms with Crippen molar-refractivity contribution in [1.82, 2.24) is 9.88 Å². The lowest BCUT2D eigenvalue weighted by molar-refractivity contribution is 0.0502. The maximum atomic E-state index is 13.4. The number of thioether (sulfide) groups is 1. The standard InChI is InChI=1S/C24H22N2O4S2/c1-15-13-31-24(25-15)32-14-18-17-7-3-4-8-19(17)30-22(18)23(27)26(2)11-16-12-28-20-9-5-6-10-21(20)29-16/h3-10,13,16H,11-12,14H2,1-2H3. The molecule has 0 radical (unpaired) electrons. The van der Waals surface area contributed by atoms with Crippen LogP contribution in [0.25, 0.3) is 11.0 Å². The van der Waals surface area contributed by atoms with Gasteiger partial charge in [0.2, 0.25) is 0 Å². The van der Waals surface area contributed by atoms with Gasteiger partial charge in [-0.1, -0.05) is 42.1 Å². The van der Waals surface area contributed by atoms with Crippen LogP contribution in [0, 0.1) is 6.92 Å². The topological polar surface area (TPSA) is 64.8 Å². The summed E-state index contributed by atoms with van der Waals surface area (Å²) in [6.07, 6.45) is -0.251. The molecular weight excluding hydrogens is 444 g/mol. The number of para-hydroxylation sites is 3. The molecule has 5 rings (SSSR count). The molecule has 2 aromatic heterocycles. The van der Waals surface area contributed by atoms with Gasteiger partial charge in [0.15, 0.2) is 23.4 Å². The second kappa shape index (κ2) is 8.88. The van der Waals surface area contributed by atoms with E-state index in [1.54, 1.807) is 35.0 Å². The molecule has 0 spiro atoms. The SMILES string of the molecule is Cc1csc(SCc2c(C(=O)N(C)CC3COc4ccccc4O3)oc3ccccc23)n1. The molecule has 0 saturated carbocycles. The average Bonchev–Trinajstić information content (AvgIpc) is 3.40. The van der Waals surface area contributed by atoms with Gasteiger partial charge in [-0.15, -0.1) is 11.3 Å². The number of aromatic nitrogens is 1. The van der Waals surface area contributed by atoms with E-state index in [9.17, 15) is 4.79 Å². The zero-order chi connectivity index (χ0) is 22.1. The first kappa shape index (κ1) is 20.9. The van der Waals surface area contributed by atoms with E-state index in [1.165, 1.54) is 0 Å². The summed E-state index contributed by atoms with van der Waals surface area (Å²) >= 11 is 3.23. The molecule has 0 aliphatic carbocycles. The fraction of sp³-hybridized carbons (Fsp3) is 0.250. The van der Waals surface area contributed by atoms with Crippen LogP contribution in [0.4, 0.5) is 0 Å². The van der Waals surface area contributed by atoms with Crippen LogP contribution in [0.15, 0.2) is 62.7 Å². The number of nitrogens with zero attached hydrogens (tertiary/aromatic N) is 2. The number of hydrogen-bond donors (Lipinski definition) is 0. The lowest BCUT2D eigenvalue weighted by atomic mass is 10.1. The third kappa shape index (κ3) is 4.20. The summed E-state index contributed by atoms with van der Waals surface area (Å²) in [5.74, 6) is 2.23. The van der Waals surface area contributed by atoms with Crippen LogP contribution in [0.1, 0.15) is 21.8 Å². The van der Waals surface area contributed by atoms with Gasteiger partial charge < -0.3 is 18.8 Å².